The Balaban J connectivity index is 2.13. The molecular formula is C14H14ClFN2O2S2. The van der Waals surface area contributed by atoms with E-state index in [4.69, 9.17) is 11.6 Å². The molecule has 0 N–H and O–H groups in total. The third-order valence-electron chi connectivity index (χ3n) is 2.91. The lowest BCUT2D eigenvalue weighted by molar-refractivity contribution is 0.520. The molecule has 2 rings (SSSR count). The van der Waals surface area contributed by atoms with Crippen LogP contribution in [-0.4, -0.2) is 31.8 Å². The van der Waals surface area contributed by atoms with Gasteiger partial charge in [0.25, 0.3) is 0 Å². The Morgan fingerprint density at radius 3 is 2.55 bits per heavy atom. The number of sulfonamides is 1. The highest BCUT2D eigenvalue weighted by Crippen LogP contribution is 2.28. The topological polar surface area (TPSA) is 50.3 Å². The van der Waals surface area contributed by atoms with Gasteiger partial charge >= 0.3 is 0 Å². The zero-order valence-electron chi connectivity index (χ0n) is 12.0. The van der Waals surface area contributed by atoms with Crippen LogP contribution >= 0.6 is 23.4 Å². The van der Waals surface area contributed by atoms with Crippen LogP contribution in [-0.2, 0) is 15.8 Å². The summed E-state index contributed by atoms with van der Waals surface area (Å²) >= 11 is 7.24. The number of halogens is 2. The zero-order chi connectivity index (χ0) is 16.3. The minimum Gasteiger partial charge on any atom is -0.249 e. The molecule has 22 heavy (non-hydrogen) atoms. The fourth-order valence-corrected chi connectivity index (χ4v) is 3.67. The number of benzene rings is 1. The van der Waals surface area contributed by atoms with E-state index < -0.39 is 10.0 Å². The minimum atomic E-state index is -3.49. The van der Waals surface area contributed by atoms with Gasteiger partial charge in [-0.1, -0.05) is 17.7 Å². The highest BCUT2D eigenvalue weighted by Gasteiger charge is 2.17. The quantitative estimate of drug-likeness (QED) is 0.767. The Kier molecular flexibility index (Phi) is 5.44. The van der Waals surface area contributed by atoms with Crippen LogP contribution in [0.2, 0.25) is 5.02 Å². The zero-order valence-corrected chi connectivity index (χ0v) is 14.3. The van der Waals surface area contributed by atoms with Gasteiger partial charge in [-0.2, -0.15) is 0 Å². The van der Waals surface area contributed by atoms with Crippen LogP contribution in [0, 0.1) is 5.82 Å². The van der Waals surface area contributed by atoms with E-state index in [2.05, 4.69) is 4.98 Å². The van der Waals surface area contributed by atoms with E-state index >= 15 is 0 Å². The van der Waals surface area contributed by atoms with Gasteiger partial charge in [-0.3, -0.25) is 0 Å². The Labute approximate surface area is 138 Å². The molecule has 0 fully saturated rings. The van der Waals surface area contributed by atoms with Gasteiger partial charge in [0.05, 0.1) is 5.03 Å². The SMILES string of the molecule is CN(C)S(=O)(=O)c1ccc(SCc2c(F)cccc2Cl)nc1. The molecule has 1 heterocycles. The highest BCUT2D eigenvalue weighted by molar-refractivity contribution is 7.98. The lowest BCUT2D eigenvalue weighted by Crippen LogP contribution is -2.22. The smallest absolute Gasteiger partial charge is 0.244 e. The number of hydrogen-bond donors (Lipinski definition) is 0. The summed E-state index contributed by atoms with van der Waals surface area (Å²) in [6.07, 6.45) is 1.29. The molecule has 0 saturated carbocycles. The van der Waals surface area contributed by atoms with Gasteiger partial charge in [0, 0.05) is 36.6 Å². The molecule has 0 radical (unpaired) electrons. The molecule has 0 amide bonds. The second kappa shape index (κ2) is 6.95. The van der Waals surface area contributed by atoms with Crippen molar-refractivity contribution in [1.29, 1.82) is 0 Å². The summed E-state index contributed by atoms with van der Waals surface area (Å²) in [5.41, 5.74) is 0.404. The largest absolute Gasteiger partial charge is 0.249 e. The van der Waals surface area contributed by atoms with Gasteiger partial charge in [-0.15, -0.1) is 11.8 Å². The molecular weight excluding hydrogens is 347 g/mol. The number of thioether (sulfide) groups is 1. The van der Waals surface area contributed by atoms with Gasteiger partial charge in [-0.25, -0.2) is 22.1 Å². The lowest BCUT2D eigenvalue weighted by atomic mass is 10.2. The van der Waals surface area contributed by atoms with Crippen LogP contribution in [0.3, 0.4) is 0 Å². The van der Waals surface area contributed by atoms with Crippen LogP contribution in [0.25, 0.3) is 0 Å². The van der Waals surface area contributed by atoms with Gasteiger partial charge in [0.2, 0.25) is 10.0 Å². The average molecular weight is 361 g/mol. The Hall–Kier alpha value is -1.15. The number of nitrogens with zero attached hydrogens (tertiary/aromatic N) is 2. The van der Waals surface area contributed by atoms with Gasteiger partial charge in [0.1, 0.15) is 10.7 Å². The van der Waals surface area contributed by atoms with E-state index in [1.807, 2.05) is 0 Å². The molecule has 0 unspecified atom stereocenters. The highest BCUT2D eigenvalue weighted by atomic mass is 35.5. The molecule has 118 valence electrons. The number of hydrogen-bond acceptors (Lipinski definition) is 4. The first kappa shape index (κ1) is 17.2. The maximum atomic E-state index is 13.7. The monoisotopic (exact) mass is 360 g/mol. The normalized spacial score (nSPS) is 11.9. The first-order chi connectivity index (χ1) is 10.3. The summed E-state index contributed by atoms with van der Waals surface area (Å²) < 4.78 is 38.6. The summed E-state index contributed by atoms with van der Waals surface area (Å²) in [6, 6.07) is 7.59. The standard InChI is InChI=1S/C14H14ClFN2O2S2/c1-18(2)22(19,20)10-6-7-14(17-8-10)21-9-11-12(15)4-3-5-13(11)16/h3-8H,9H2,1-2H3. The van der Waals surface area contributed by atoms with Crippen LogP contribution in [0.4, 0.5) is 4.39 Å². The van der Waals surface area contributed by atoms with Crippen LogP contribution in [0.15, 0.2) is 46.5 Å². The summed E-state index contributed by atoms with van der Waals surface area (Å²) in [5, 5.41) is 0.955. The van der Waals surface area contributed by atoms with Crippen molar-refractivity contribution < 1.29 is 12.8 Å². The third-order valence-corrected chi connectivity index (χ3v) is 6.04. The molecule has 2 aromatic rings. The fraction of sp³-hybridized carbons (Fsp3) is 0.214. The molecule has 4 nitrogen and oxygen atoms in total. The summed E-state index contributed by atoms with van der Waals surface area (Å²) in [7, 11) is -0.581. The van der Waals surface area contributed by atoms with E-state index in [9.17, 15) is 12.8 Å². The third kappa shape index (κ3) is 3.78. The van der Waals surface area contributed by atoms with Crippen molar-refractivity contribution in [3.63, 3.8) is 0 Å². The van der Waals surface area contributed by atoms with Crippen molar-refractivity contribution >= 4 is 33.4 Å². The molecule has 1 aromatic heterocycles. The van der Waals surface area contributed by atoms with E-state index in [1.165, 1.54) is 44.2 Å². The van der Waals surface area contributed by atoms with Crippen molar-refractivity contribution in [2.24, 2.45) is 0 Å². The van der Waals surface area contributed by atoms with Crippen molar-refractivity contribution in [3.05, 3.63) is 52.9 Å². The van der Waals surface area contributed by atoms with E-state index in [1.54, 1.807) is 18.2 Å². The molecule has 1 aromatic carbocycles. The van der Waals surface area contributed by atoms with Crippen LogP contribution < -0.4 is 0 Å². The second-order valence-electron chi connectivity index (χ2n) is 4.61. The molecule has 0 aliphatic carbocycles. The molecule has 8 heteroatoms. The molecule has 0 atom stereocenters. The molecule has 0 saturated heterocycles. The average Bonchev–Trinajstić information content (AvgIpc) is 2.47. The van der Waals surface area contributed by atoms with Gasteiger partial charge in [0.15, 0.2) is 0 Å². The molecule has 0 spiro atoms. The number of pyridine rings is 1. The number of aromatic nitrogens is 1. The second-order valence-corrected chi connectivity index (χ2v) is 8.16. The van der Waals surface area contributed by atoms with Crippen molar-refractivity contribution in [2.75, 3.05) is 14.1 Å². The predicted molar refractivity (Wildman–Crippen MR) is 86.1 cm³/mol. The van der Waals surface area contributed by atoms with Crippen molar-refractivity contribution in [2.45, 2.75) is 15.7 Å². The van der Waals surface area contributed by atoms with Crippen molar-refractivity contribution in [1.82, 2.24) is 9.29 Å². The molecule has 0 aliphatic rings. The molecule has 0 bridgehead atoms. The summed E-state index contributed by atoms with van der Waals surface area (Å²) in [5.74, 6) is -0.0510. The Morgan fingerprint density at radius 1 is 1.27 bits per heavy atom. The van der Waals surface area contributed by atoms with Gasteiger partial charge < -0.3 is 0 Å². The van der Waals surface area contributed by atoms with Crippen LogP contribution in [0.5, 0.6) is 0 Å². The first-order valence-electron chi connectivity index (χ1n) is 6.26. The first-order valence-corrected chi connectivity index (χ1v) is 9.07. The van der Waals surface area contributed by atoms with Gasteiger partial charge in [-0.05, 0) is 24.3 Å². The number of rotatable bonds is 5. The van der Waals surface area contributed by atoms with E-state index in [0.29, 0.717) is 21.4 Å². The van der Waals surface area contributed by atoms with E-state index in [0.717, 1.165) is 4.31 Å². The minimum absolute atomic E-state index is 0.116. The predicted octanol–water partition coefficient (Wildman–Crippen LogP) is 3.42. The summed E-state index contributed by atoms with van der Waals surface area (Å²) in [6.45, 7) is 0. The van der Waals surface area contributed by atoms with Crippen molar-refractivity contribution in [3.8, 4) is 0 Å². The fourth-order valence-electron chi connectivity index (χ4n) is 1.63. The maximum absolute atomic E-state index is 13.7. The van der Waals surface area contributed by atoms with E-state index in [-0.39, 0.29) is 10.7 Å². The Bertz CT molecular complexity index is 745. The lowest BCUT2D eigenvalue weighted by Gasteiger charge is -2.11. The molecule has 0 aliphatic heterocycles. The summed E-state index contributed by atoms with van der Waals surface area (Å²) in [4.78, 5) is 4.21. The Morgan fingerprint density at radius 2 is 2.00 bits per heavy atom. The maximum Gasteiger partial charge on any atom is 0.244 e. The van der Waals surface area contributed by atoms with Crippen LogP contribution in [0.1, 0.15) is 5.56 Å².